The van der Waals surface area contributed by atoms with Crippen molar-refractivity contribution in [1.29, 1.82) is 0 Å². The van der Waals surface area contributed by atoms with E-state index in [1.54, 1.807) is 41.8 Å². The third-order valence-electron chi connectivity index (χ3n) is 5.63. The topological polar surface area (TPSA) is 152 Å². The summed E-state index contributed by atoms with van der Waals surface area (Å²) in [7, 11) is -3.80. The average molecular weight is 633 g/mol. The van der Waals surface area contributed by atoms with Crippen LogP contribution in [0.2, 0.25) is 0 Å². The van der Waals surface area contributed by atoms with E-state index in [1.165, 1.54) is 19.6 Å². The zero-order valence-corrected chi connectivity index (χ0v) is 22.9. The Hall–Kier alpha value is -1.89. The number of rotatable bonds is 9. The summed E-state index contributed by atoms with van der Waals surface area (Å²) in [5.41, 5.74) is 6.68. The molecule has 1 saturated heterocycles. The third kappa shape index (κ3) is 5.45. The fourth-order valence-corrected chi connectivity index (χ4v) is 6.78. The number of para-hydroxylation sites is 1. The third-order valence-corrected chi connectivity index (χ3v) is 9.38. The molecule has 1 fully saturated rings. The van der Waals surface area contributed by atoms with E-state index in [1.807, 2.05) is 0 Å². The number of hydrogen-bond acceptors (Lipinski definition) is 10. The van der Waals surface area contributed by atoms with E-state index in [0.717, 1.165) is 0 Å². The van der Waals surface area contributed by atoms with Crippen LogP contribution >= 0.6 is 39.5 Å². The molecule has 1 aliphatic heterocycles. The van der Waals surface area contributed by atoms with Crippen LogP contribution < -0.4 is 10.3 Å². The molecule has 2 aromatic heterocycles. The molecule has 0 bridgehead atoms. The number of halogens is 2. The van der Waals surface area contributed by atoms with Crippen molar-refractivity contribution in [2.45, 2.75) is 35.5 Å². The van der Waals surface area contributed by atoms with Gasteiger partial charge in [-0.15, -0.1) is 0 Å². The lowest BCUT2D eigenvalue weighted by molar-refractivity contribution is -0.119. The number of nitrogens with two attached hydrogens (primary N) is 1. The predicted octanol–water partition coefficient (Wildman–Crippen LogP) is 3.67. The highest BCUT2D eigenvalue weighted by Gasteiger charge is 2.55. The molecule has 188 valence electrons. The molecular weight excluding hydrogens is 609 g/mol. The number of aliphatic hydroxyl groups is 1. The molecule has 0 amide bonds. The monoisotopic (exact) mass is 631 g/mol. The van der Waals surface area contributed by atoms with Crippen LogP contribution in [-0.2, 0) is 18.6 Å². The van der Waals surface area contributed by atoms with Gasteiger partial charge >= 0.3 is 7.60 Å². The highest BCUT2D eigenvalue weighted by atomic mass is 79.9. The molecule has 0 aliphatic carbocycles. The number of Topliss-reactive ketones (excluding diaryl/α,β-unsaturated/α-hetero) is 1. The predicted molar refractivity (Wildman–Crippen MR) is 136 cm³/mol. The van der Waals surface area contributed by atoms with Crippen LogP contribution in [0.3, 0.4) is 0 Å². The Morgan fingerprint density at radius 1 is 1.31 bits per heavy atom. The average Bonchev–Trinajstić information content (AvgIpc) is 3.32. The summed E-state index contributed by atoms with van der Waals surface area (Å²) in [6.07, 6.45) is -0.226. The first kappa shape index (κ1) is 26.2. The largest absolute Gasteiger partial charge is 0.424 e. The molecule has 1 aromatic carbocycles. The fourth-order valence-electron chi connectivity index (χ4n) is 3.56. The van der Waals surface area contributed by atoms with Gasteiger partial charge in [-0.25, -0.2) is 19.5 Å². The molecule has 0 radical (unpaired) electrons. The summed E-state index contributed by atoms with van der Waals surface area (Å²) >= 11 is 6.98. The van der Waals surface area contributed by atoms with E-state index in [9.17, 15) is 14.5 Å². The number of nitrogens with zero attached hydrogens (tertiary/aromatic N) is 4. The Morgan fingerprint density at radius 2 is 2.03 bits per heavy atom. The van der Waals surface area contributed by atoms with Crippen molar-refractivity contribution in [2.24, 2.45) is 5.92 Å². The Labute approximate surface area is 218 Å². The standard InChI is InChI=1S/C21H24Br2N5O6P/c1-12(13(2)29)9-35(31,34-14-6-4-3-5-7-14)32-8-15-17(30)21(22,23)20(33-15)28-11-27-16-18(24)25-10-26-19(16)28/h3-7,10-12,15,17,20,30H,8-9H2,1-2H3,(H2,24,25,26)/t12-,15-,17+,20-,35?/m1/s1. The maximum absolute atomic E-state index is 13.6. The van der Waals surface area contributed by atoms with Gasteiger partial charge < -0.3 is 20.1 Å². The number of fused-ring (bicyclic) bond motifs is 1. The summed E-state index contributed by atoms with van der Waals surface area (Å²) in [4.78, 5) is 24.2. The molecule has 3 aromatic rings. The van der Waals surface area contributed by atoms with Gasteiger partial charge in [0.1, 0.15) is 35.6 Å². The van der Waals surface area contributed by atoms with Gasteiger partial charge in [-0.05, 0) is 19.1 Å². The second-order valence-corrected chi connectivity index (χ2v) is 14.0. The SMILES string of the molecule is CC(=O)[C@H](C)CP(=O)(OC[C@H]1O[C@@H](n2cnc3c(N)ncnc32)C(Br)(Br)[C@H]1O)Oc1ccccc1. The Morgan fingerprint density at radius 3 is 2.71 bits per heavy atom. The first-order valence-corrected chi connectivity index (χ1v) is 14.0. The lowest BCUT2D eigenvalue weighted by atomic mass is 10.1. The van der Waals surface area contributed by atoms with Gasteiger partial charge in [0, 0.05) is 5.92 Å². The first-order chi connectivity index (χ1) is 16.5. The number of imidazole rings is 1. The summed E-state index contributed by atoms with van der Waals surface area (Å²) in [6, 6.07) is 8.55. The zero-order valence-electron chi connectivity index (χ0n) is 18.8. The van der Waals surface area contributed by atoms with E-state index in [2.05, 4.69) is 46.8 Å². The van der Waals surface area contributed by atoms with Crippen LogP contribution in [0.5, 0.6) is 5.75 Å². The molecular formula is C21H24Br2N5O6P. The number of anilines is 1. The normalized spacial score (nSPS) is 24.2. The van der Waals surface area contributed by atoms with E-state index >= 15 is 0 Å². The van der Waals surface area contributed by atoms with Crippen LogP contribution in [-0.4, -0.2) is 58.6 Å². The lowest BCUT2D eigenvalue weighted by Gasteiger charge is -2.25. The van der Waals surface area contributed by atoms with Crippen LogP contribution in [0.1, 0.15) is 20.1 Å². The summed E-state index contributed by atoms with van der Waals surface area (Å²) in [6.45, 7) is 2.81. The second kappa shape index (κ2) is 10.2. The number of benzene rings is 1. The summed E-state index contributed by atoms with van der Waals surface area (Å²) in [5, 5.41) is 11.0. The fraction of sp³-hybridized carbons (Fsp3) is 0.429. The number of hydrogen-bond donors (Lipinski definition) is 2. The maximum Gasteiger partial charge on any atom is 0.379 e. The molecule has 3 N–H and O–H groups in total. The number of alkyl halides is 2. The summed E-state index contributed by atoms with van der Waals surface area (Å²) < 4.78 is 31.6. The molecule has 14 heteroatoms. The Kier molecular flexibility index (Phi) is 7.65. The van der Waals surface area contributed by atoms with Gasteiger partial charge in [0.25, 0.3) is 0 Å². The van der Waals surface area contributed by atoms with Crippen molar-refractivity contribution in [3.63, 3.8) is 0 Å². The zero-order chi connectivity index (χ0) is 25.4. The minimum Gasteiger partial charge on any atom is -0.424 e. The number of ketones is 1. The van der Waals surface area contributed by atoms with Gasteiger partial charge in [0.05, 0.1) is 19.1 Å². The van der Waals surface area contributed by atoms with Crippen molar-refractivity contribution >= 4 is 62.2 Å². The van der Waals surface area contributed by atoms with Crippen LogP contribution in [0.25, 0.3) is 11.2 Å². The van der Waals surface area contributed by atoms with Crippen LogP contribution in [0, 0.1) is 5.92 Å². The molecule has 35 heavy (non-hydrogen) atoms. The van der Waals surface area contributed by atoms with E-state index < -0.39 is 35.2 Å². The van der Waals surface area contributed by atoms with Crippen LogP contribution in [0.15, 0.2) is 43.0 Å². The number of nitrogen functional groups attached to an aromatic ring is 1. The number of ether oxygens (including phenoxy) is 1. The minimum atomic E-state index is -3.80. The number of aliphatic hydroxyl groups excluding tert-OH is 1. The number of carbonyl (C=O) groups is 1. The van der Waals surface area contributed by atoms with Gasteiger partial charge in [0.2, 0.25) is 0 Å². The summed E-state index contributed by atoms with van der Waals surface area (Å²) in [5.74, 6) is -0.146. The maximum atomic E-state index is 13.6. The Bertz CT molecular complexity index is 1260. The van der Waals surface area contributed by atoms with Gasteiger partial charge in [-0.3, -0.25) is 13.9 Å². The molecule has 1 unspecified atom stereocenters. The second-order valence-electron chi connectivity index (χ2n) is 8.23. The van der Waals surface area contributed by atoms with E-state index in [4.69, 9.17) is 19.5 Å². The first-order valence-electron chi connectivity index (χ1n) is 10.6. The molecule has 0 saturated carbocycles. The quantitative estimate of drug-likeness (QED) is 0.264. The Balaban J connectivity index is 1.55. The van der Waals surface area contributed by atoms with E-state index in [0.29, 0.717) is 16.9 Å². The highest BCUT2D eigenvalue weighted by molar-refractivity contribution is 9.25. The van der Waals surface area contributed by atoms with Crippen molar-refractivity contribution in [3.05, 3.63) is 43.0 Å². The van der Waals surface area contributed by atoms with Gasteiger partial charge in [0.15, 0.2) is 20.9 Å². The number of carbonyl (C=O) groups excluding carboxylic acids is 1. The molecule has 0 spiro atoms. The van der Waals surface area contributed by atoms with Crippen molar-refractivity contribution in [3.8, 4) is 5.75 Å². The van der Waals surface area contributed by atoms with Gasteiger partial charge in [-0.1, -0.05) is 57.0 Å². The highest BCUT2D eigenvalue weighted by Crippen LogP contribution is 2.53. The lowest BCUT2D eigenvalue weighted by Crippen LogP contribution is -2.37. The van der Waals surface area contributed by atoms with Gasteiger partial charge in [-0.2, -0.15) is 0 Å². The molecule has 3 heterocycles. The number of aromatic nitrogens is 4. The molecule has 5 atom stereocenters. The molecule has 4 rings (SSSR count). The van der Waals surface area contributed by atoms with Crippen molar-refractivity contribution in [2.75, 3.05) is 18.5 Å². The van der Waals surface area contributed by atoms with Crippen molar-refractivity contribution < 1.29 is 28.3 Å². The smallest absolute Gasteiger partial charge is 0.379 e. The van der Waals surface area contributed by atoms with Crippen LogP contribution in [0.4, 0.5) is 5.82 Å². The van der Waals surface area contributed by atoms with E-state index in [-0.39, 0.29) is 24.4 Å². The van der Waals surface area contributed by atoms with Crippen molar-refractivity contribution in [1.82, 2.24) is 19.5 Å². The molecule has 1 aliphatic rings. The molecule has 11 nitrogen and oxygen atoms in total. The minimum absolute atomic E-state index is 0.125.